The summed E-state index contributed by atoms with van der Waals surface area (Å²) in [6.45, 7) is 2.01. The normalized spacial score (nSPS) is 13.6. The molecule has 0 heterocycles. The first-order valence-electron chi connectivity index (χ1n) is 5.56. The third kappa shape index (κ3) is 6.53. The van der Waals surface area contributed by atoms with Crippen molar-refractivity contribution in [1.82, 2.24) is 13.9 Å². The minimum atomic E-state index is -4.54. The smallest absolute Gasteiger partial charge is 0.317 e. The van der Waals surface area contributed by atoms with Crippen molar-refractivity contribution >= 4 is 10.2 Å². The summed E-state index contributed by atoms with van der Waals surface area (Å²) in [5.74, 6) is 0. The molecule has 0 aliphatic carbocycles. The lowest BCUT2D eigenvalue weighted by Crippen LogP contribution is -2.44. The molecular weight excluding hydrogens is 271 g/mol. The highest BCUT2D eigenvalue weighted by Crippen LogP contribution is 2.18. The molecule has 0 amide bonds. The molecular formula is C9H20F3N3O2S. The second-order valence-corrected chi connectivity index (χ2v) is 6.05. The van der Waals surface area contributed by atoms with Gasteiger partial charge in [-0.15, -0.1) is 0 Å². The Morgan fingerprint density at radius 2 is 1.72 bits per heavy atom. The first-order chi connectivity index (χ1) is 8.11. The molecule has 0 aliphatic heterocycles. The molecule has 110 valence electrons. The van der Waals surface area contributed by atoms with E-state index in [0.29, 0.717) is 17.3 Å². The number of hydrogen-bond acceptors (Lipinski definition) is 3. The zero-order valence-corrected chi connectivity index (χ0v) is 11.6. The van der Waals surface area contributed by atoms with E-state index in [9.17, 15) is 21.6 Å². The first-order valence-corrected chi connectivity index (χ1v) is 6.96. The van der Waals surface area contributed by atoms with Gasteiger partial charge in [0.2, 0.25) is 0 Å². The third-order valence-corrected chi connectivity index (χ3v) is 4.15. The van der Waals surface area contributed by atoms with Gasteiger partial charge in [-0.1, -0.05) is 6.92 Å². The van der Waals surface area contributed by atoms with E-state index in [-0.39, 0.29) is 6.54 Å². The molecule has 0 saturated heterocycles. The van der Waals surface area contributed by atoms with Gasteiger partial charge < -0.3 is 5.32 Å². The zero-order chi connectivity index (χ0) is 14.4. The minimum absolute atomic E-state index is 0.178. The van der Waals surface area contributed by atoms with E-state index in [1.54, 1.807) is 0 Å². The highest BCUT2D eigenvalue weighted by Gasteiger charge is 2.35. The maximum atomic E-state index is 12.1. The molecule has 0 aromatic heterocycles. The Labute approximate surface area is 106 Å². The summed E-state index contributed by atoms with van der Waals surface area (Å²) >= 11 is 0. The Hall–Kier alpha value is -0.380. The Bertz CT molecular complexity index is 332. The molecule has 0 unspecified atom stereocenters. The van der Waals surface area contributed by atoms with Gasteiger partial charge in [0.15, 0.2) is 0 Å². The van der Waals surface area contributed by atoms with Gasteiger partial charge in [-0.3, -0.25) is 0 Å². The van der Waals surface area contributed by atoms with Crippen LogP contribution in [0.1, 0.15) is 13.3 Å². The van der Waals surface area contributed by atoms with Crippen LogP contribution in [0.25, 0.3) is 0 Å². The van der Waals surface area contributed by atoms with E-state index in [1.165, 1.54) is 7.05 Å². The van der Waals surface area contributed by atoms with Gasteiger partial charge in [-0.05, 0) is 19.5 Å². The number of nitrogens with one attached hydrogen (secondary N) is 1. The van der Waals surface area contributed by atoms with E-state index in [0.717, 1.165) is 17.9 Å². The number of hydrogen-bond donors (Lipinski definition) is 1. The largest absolute Gasteiger partial charge is 0.402 e. The molecule has 0 aliphatic rings. The predicted molar refractivity (Wildman–Crippen MR) is 63.4 cm³/mol. The molecule has 0 fully saturated rings. The lowest BCUT2D eigenvalue weighted by molar-refractivity contribution is -0.134. The first kappa shape index (κ1) is 17.6. The number of alkyl halides is 3. The van der Waals surface area contributed by atoms with Crippen LogP contribution in [0.4, 0.5) is 13.2 Å². The molecule has 0 rings (SSSR count). The van der Waals surface area contributed by atoms with Crippen molar-refractivity contribution in [3.8, 4) is 0 Å². The summed E-state index contributed by atoms with van der Waals surface area (Å²) in [7, 11) is -1.85. The monoisotopic (exact) mass is 291 g/mol. The zero-order valence-electron chi connectivity index (χ0n) is 10.8. The summed E-state index contributed by atoms with van der Waals surface area (Å²) < 4.78 is 61.0. The number of halogens is 3. The van der Waals surface area contributed by atoms with Crippen LogP contribution in [-0.2, 0) is 10.2 Å². The van der Waals surface area contributed by atoms with Gasteiger partial charge in [0.1, 0.15) is 6.54 Å². The van der Waals surface area contributed by atoms with E-state index in [2.05, 4.69) is 5.32 Å². The SMILES string of the molecule is CCNCCCN(C)S(=O)(=O)N(C)CC(F)(F)F. The van der Waals surface area contributed by atoms with Crippen LogP contribution in [0.3, 0.4) is 0 Å². The van der Waals surface area contributed by atoms with E-state index >= 15 is 0 Å². The molecule has 0 bridgehead atoms. The fourth-order valence-electron chi connectivity index (χ4n) is 1.29. The third-order valence-electron chi connectivity index (χ3n) is 2.27. The number of rotatable bonds is 8. The maximum absolute atomic E-state index is 12.1. The second-order valence-electron chi connectivity index (χ2n) is 3.91. The summed E-state index contributed by atoms with van der Waals surface area (Å²) in [4.78, 5) is 0. The summed E-state index contributed by atoms with van der Waals surface area (Å²) in [5, 5.41) is 3.01. The van der Waals surface area contributed by atoms with E-state index in [1.807, 2.05) is 6.92 Å². The van der Waals surface area contributed by atoms with Crippen LogP contribution in [0.15, 0.2) is 0 Å². The van der Waals surface area contributed by atoms with Crippen LogP contribution >= 0.6 is 0 Å². The molecule has 0 saturated carbocycles. The Kier molecular flexibility index (Phi) is 7.11. The average molecular weight is 291 g/mol. The highest BCUT2D eigenvalue weighted by molar-refractivity contribution is 7.86. The van der Waals surface area contributed by atoms with Crippen LogP contribution in [0.2, 0.25) is 0 Å². The van der Waals surface area contributed by atoms with Crippen LogP contribution in [0, 0.1) is 0 Å². The second kappa shape index (κ2) is 7.27. The maximum Gasteiger partial charge on any atom is 0.402 e. The molecule has 9 heteroatoms. The molecule has 0 atom stereocenters. The van der Waals surface area contributed by atoms with Crippen molar-refractivity contribution in [2.45, 2.75) is 19.5 Å². The Balaban J connectivity index is 4.34. The highest BCUT2D eigenvalue weighted by atomic mass is 32.2. The van der Waals surface area contributed by atoms with Gasteiger partial charge in [0.05, 0.1) is 0 Å². The van der Waals surface area contributed by atoms with Gasteiger partial charge in [0.25, 0.3) is 10.2 Å². The van der Waals surface area contributed by atoms with Crippen LogP contribution in [0.5, 0.6) is 0 Å². The van der Waals surface area contributed by atoms with Gasteiger partial charge in [-0.2, -0.15) is 30.2 Å². The molecule has 18 heavy (non-hydrogen) atoms. The Morgan fingerprint density at radius 3 is 2.17 bits per heavy atom. The number of nitrogens with zero attached hydrogens (tertiary/aromatic N) is 2. The van der Waals surface area contributed by atoms with Crippen molar-refractivity contribution in [2.75, 3.05) is 40.3 Å². The van der Waals surface area contributed by atoms with Gasteiger partial charge >= 0.3 is 6.18 Å². The topological polar surface area (TPSA) is 52.7 Å². The van der Waals surface area contributed by atoms with Crippen molar-refractivity contribution in [3.63, 3.8) is 0 Å². The quantitative estimate of drug-likeness (QED) is 0.668. The average Bonchev–Trinajstić information content (AvgIpc) is 2.21. The molecule has 0 aromatic rings. The fraction of sp³-hybridized carbons (Fsp3) is 1.00. The van der Waals surface area contributed by atoms with Crippen molar-refractivity contribution in [1.29, 1.82) is 0 Å². The minimum Gasteiger partial charge on any atom is -0.317 e. The summed E-state index contributed by atoms with van der Waals surface area (Å²) in [6.07, 6.45) is -3.99. The summed E-state index contributed by atoms with van der Waals surface area (Å²) in [5.41, 5.74) is 0. The molecule has 0 aromatic carbocycles. The van der Waals surface area contributed by atoms with Crippen molar-refractivity contribution < 1.29 is 21.6 Å². The molecule has 0 radical (unpaired) electrons. The predicted octanol–water partition coefficient (Wildman–Crippen LogP) is 0.657. The van der Waals surface area contributed by atoms with Crippen molar-refractivity contribution in [3.05, 3.63) is 0 Å². The standard InChI is InChI=1S/C9H20F3N3O2S/c1-4-13-6-5-7-14(2)18(16,17)15(3)8-9(10,11)12/h13H,4-8H2,1-3H3. The van der Waals surface area contributed by atoms with E-state index < -0.39 is 22.9 Å². The fourth-order valence-corrected chi connectivity index (χ4v) is 2.44. The molecule has 1 N–H and O–H groups in total. The van der Waals surface area contributed by atoms with E-state index in [4.69, 9.17) is 0 Å². The lowest BCUT2D eigenvalue weighted by Gasteiger charge is -2.25. The van der Waals surface area contributed by atoms with Gasteiger partial charge in [0, 0.05) is 20.6 Å². The van der Waals surface area contributed by atoms with Crippen LogP contribution < -0.4 is 5.32 Å². The van der Waals surface area contributed by atoms with Gasteiger partial charge in [-0.25, -0.2) is 0 Å². The van der Waals surface area contributed by atoms with Crippen molar-refractivity contribution in [2.24, 2.45) is 0 Å². The summed E-state index contributed by atoms with van der Waals surface area (Å²) in [6, 6.07) is 0. The molecule has 5 nitrogen and oxygen atoms in total. The Morgan fingerprint density at radius 1 is 1.17 bits per heavy atom. The molecule has 0 spiro atoms. The van der Waals surface area contributed by atoms with Crippen LogP contribution in [-0.4, -0.2) is 63.5 Å². The lowest BCUT2D eigenvalue weighted by atomic mass is 10.4.